The first-order valence-electron chi connectivity index (χ1n) is 14.5. The molecule has 0 aromatic carbocycles. The molecule has 2 atom stereocenters. The van der Waals surface area contributed by atoms with Crippen LogP contribution in [0, 0.1) is 16.7 Å². The number of carbonyl (C=O) groups is 3. The number of rotatable bonds is 16. The first-order chi connectivity index (χ1) is 18.2. The summed E-state index contributed by atoms with van der Waals surface area (Å²) in [6, 6.07) is -0.668. The van der Waals surface area contributed by atoms with Crippen LogP contribution in [0.1, 0.15) is 80.1 Å². The van der Waals surface area contributed by atoms with E-state index in [9.17, 15) is 14.4 Å². The van der Waals surface area contributed by atoms with Crippen molar-refractivity contribution in [1.29, 1.82) is 0 Å². The lowest BCUT2D eigenvalue weighted by Crippen LogP contribution is -2.53. The molecule has 222 valence electrons. The molecule has 8 heteroatoms. The van der Waals surface area contributed by atoms with E-state index in [1.54, 1.807) is 24.9 Å². The number of nitrogens with zero attached hydrogens (tertiary/aromatic N) is 1. The van der Waals surface area contributed by atoms with Crippen LogP contribution in [0.2, 0.25) is 0 Å². The number of carbonyl (C=O) groups excluding carboxylic acids is 3. The van der Waals surface area contributed by atoms with E-state index in [1.165, 1.54) is 0 Å². The van der Waals surface area contributed by atoms with Gasteiger partial charge in [-0.15, -0.1) is 0 Å². The maximum Gasteiger partial charge on any atom is 0.246 e. The predicted molar refractivity (Wildman–Crippen MR) is 161 cm³/mol. The molecule has 0 aromatic heterocycles. The van der Waals surface area contributed by atoms with Gasteiger partial charge in [0.1, 0.15) is 6.04 Å². The highest BCUT2D eigenvalue weighted by Crippen LogP contribution is 2.38. The summed E-state index contributed by atoms with van der Waals surface area (Å²) in [5, 5.41) is 9.20. The van der Waals surface area contributed by atoms with Crippen molar-refractivity contribution >= 4 is 17.7 Å². The van der Waals surface area contributed by atoms with Crippen LogP contribution in [0.25, 0.3) is 0 Å². The molecule has 5 N–H and O–H groups in total. The number of unbranched alkanes of at least 4 members (excludes halogenated alkanes) is 2. The zero-order valence-electron chi connectivity index (χ0n) is 25.8. The van der Waals surface area contributed by atoms with Gasteiger partial charge in [0.25, 0.3) is 0 Å². The minimum Gasteiger partial charge on any atom is -0.352 e. The van der Waals surface area contributed by atoms with Crippen molar-refractivity contribution in [3.05, 3.63) is 35.5 Å². The Morgan fingerprint density at radius 3 is 2.36 bits per heavy atom. The summed E-state index contributed by atoms with van der Waals surface area (Å²) in [6.07, 6.45) is 13.6. The zero-order chi connectivity index (χ0) is 29.6. The summed E-state index contributed by atoms with van der Waals surface area (Å²) in [6.45, 7) is 14.2. The highest BCUT2D eigenvalue weighted by molar-refractivity contribution is 5.93. The second-order valence-corrected chi connectivity index (χ2v) is 12.5. The third-order valence-electron chi connectivity index (χ3n) is 7.34. The Hall–Kier alpha value is -2.45. The molecular formula is C31H55N5O3. The van der Waals surface area contributed by atoms with Gasteiger partial charge in [0.15, 0.2) is 0 Å². The van der Waals surface area contributed by atoms with Gasteiger partial charge in [-0.2, -0.15) is 0 Å². The highest BCUT2D eigenvalue weighted by atomic mass is 16.2. The van der Waals surface area contributed by atoms with E-state index in [4.69, 9.17) is 5.73 Å². The van der Waals surface area contributed by atoms with Crippen molar-refractivity contribution in [3.63, 3.8) is 0 Å². The molecule has 0 bridgehead atoms. The van der Waals surface area contributed by atoms with Gasteiger partial charge >= 0.3 is 0 Å². The molecule has 0 aromatic rings. The summed E-state index contributed by atoms with van der Waals surface area (Å²) >= 11 is 0. The van der Waals surface area contributed by atoms with E-state index in [-0.39, 0.29) is 35.6 Å². The summed E-state index contributed by atoms with van der Waals surface area (Å²) in [4.78, 5) is 41.3. The Morgan fingerprint density at radius 1 is 1.10 bits per heavy atom. The van der Waals surface area contributed by atoms with E-state index in [1.807, 2.05) is 7.05 Å². The van der Waals surface area contributed by atoms with Gasteiger partial charge in [-0.25, -0.2) is 0 Å². The monoisotopic (exact) mass is 545 g/mol. The molecule has 0 radical (unpaired) electrons. The van der Waals surface area contributed by atoms with Gasteiger partial charge in [-0.1, -0.05) is 65.3 Å². The lowest BCUT2D eigenvalue weighted by atomic mass is 9.70. The van der Waals surface area contributed by atoms with E-state index in [0.29, 0.717) is 31.6 Å². The maximum absolute atomic E-state index is 13.7. The van der Waals surface area contributed by atoms with Gasteiger partial charge in [-0.3, -0.25) is 14.4 Å². The van der Waals surface area contributed by atoms with Crippen molar-refractivity contribution in [3.8, 4) is 0 Å². The number of hydrogen-bond donors (Lipinski definition) is 4. The lowest BCUT2D eigenvalue weighted by Gasteiger charge is -2.37. The van der Waals surface area contributed by atoms with Crippen LogP contribution in [0.4, 0.5) is 0 Å². The van der Waals surface area contributed by atoms with Crippen LogP contribution in [0.5, 0.6) is 0 Å². The normalized spacial score (nSPS) is 15.8. The molecule has 2 unspecified atom stereocenters. The fourth-order valence-electron chi connectivity index (χ4n) is 4.77. The van der Waals surface area contributed by atoms with Gasteiger partial charge < -0.3 is 26.6 Å². The average molecular weight is 546 g/mol. The third kappa shape index (κ3) is 12.1. The van der Waals surface area contributed by atoms with Crippen LogP contribution in [-0.2, 0) is 14.4 Å². The van der Waals surface area contributed by atoms with E-state index < -0.39 is 11.5 Å². The Bertz CT molecular complexity index is 898. The number of allylic oxidation sites excluding steroid dienone is 4. The number of nitrogens with two attached hydrogens (primary N) is 1. The van der Waals surface area contributed by atoms with E-state index in [2.05, 4.69) is 68.8 Å². The minimum absolute atomic E-state index is 0.133. The predicted octanol–water partition coefficient (Wildman–Crippen LogP) is 3.70. The fourth-order valence-corrected chi connectivity index (χ4v) is 4.77. The molecule has 3 amide bonds. The van der Waals surface area contributed by atoms with Crippen LogP contribution in [-0.4, -0.2) is 68.9 Å². The average Bonchev–Trinajstić information content (AvgIpc) is 2.88. The summed E-state index contributed by atoms with van der Waals surface area (Å²) in [7, 11) is 3.56. The van der Waals surface area contributed by atoms with Crippen molar-refractivity contribution in [2.45, 2.75) is 86.1 Å². The van der Waals surface area contributed by atoms with E-state index >= 15 is 0 Å². The summed E-state index contributed by atoms with van der Waals surface area (Å²) in [5.74, 6) is -0.785. The molecule has 0 saturated carbocycles. The second kappa shape index (κ2) is 16.6. The van der Waals surface area contributed by atoms with Crippen LogP contribution < -0.4 is 21.7 Å². The minimum atomic E-state index is -0.668. The Kier molecular flexibility index (Phi) is 14.7. The van der Waals surface area contributed by atoms with Gasteiger partial charge in [0.05, 0.1) is 5.92 Å². The fraction of sp³-hybridized carbons (Fsp3) is 0.710. The molecule has 1 aliphatic carbocycles. The molecule has 39 heavy (non-hydrogen) atoms. The topological polar surface area (TPSA) is 117 Å². The Balaban J connectivity index is 2.97. The van der Waals surface area contributed by atoms with Crippen LogP contribution >= 0.6 is 0 Å². The largest absolute Gasteiger partial charge is 0.352 e. The number of nitrogens with one attached hydrogen (secondary N) is 3. The zero-order valence-corrected chi connectivity index (χ0v) is 25.8. The standard InChI is InChI=1S/C31H55N5O3/c1-23(27(37)34-19-14-10-13-18-32)17-20-36(8)29(39)26(21-30(2,3)4)35-28(38)25(22-33-7)31(5,6)24-15-11-9-12-16-24/h11,15-17,25-26,33H,9-10,12-14,18-22,32H2,1-8H3,(H,34,37)(H,35,38)/b23-17+. The molecule has 0 aliphatic heterocycles. The molecule has 1 rings (SSSR count). The van der Waals surface area contributed by atoms with Gasteiger partial charge in [0.2, 0.25) is 17.7 Å². The summed E-state index contributed by atoms with van der Waals surface area (Å²) < 4.78 is 0. The molecule has 1 aliphatic rings. The molecular weight excluding hydrogens is 490 g/mol. The Labute approximate surface area is 237 Å². The van der Waals surface area contributed by atoms with Crippen molar-refractivity contribution in [2.24, 2.45) is 22.5 Å². The molecule has 0 saturated heterocycles. The first kappa shape index (κ1) is 34.6. The maximum atomic E-state index is 13.7. The smallest absolute Gasteiger partial charge is 0.246 e. The van der Waals surface area contributed by atoms with Crippen LogP contribution in [0.15, 0.2) is 35.5 Å². The Morgan fingerprint density at radius 2 is 1.79 bits per heavy atom. The van der Waals surface area contributed by atoms with Gasteiger partial charge in [-0.05, 0) is 63.6 Å². The number of likely N-dealkylation sites (N-methyl/N-ethyl adjacent to an activating group) is 1. The number of hydrogen-bond acceptors (Lipinski definition) is 5. The first-order valence-corrected chi connectivity index (χ1v) is 14.5. The molecule has 8 nitrogen and oxygen atoms in total. The van der Waals surface area contributed by atoms with Crippen LogP contribution in [0.3, 0.4) is 0 Å². The summed E-state index contributed by atoms with van der Waals surface area (Å²) in [5.41, 5.74) is 6.65. The van der Waals surface area contributed by atoms with Crippen molar-refractivity contribution in [2.75, 3.05) is 40.3 Å². The van der Waals surface area contributed by atoms with Crippen molar-refractivity contribution < 1.29 is 14.4 Å². The quantitative estimate of drug-likeness (QED) is 0.174. The SMILES string of the molecule is CNCC(C(=O)NC(CC(C)(C)C)C(=O)N(C)C/C=C(\C)C(=O)NCCCCCN)C(C)(C)C1=CCCC=C1. The molecule has 0 spiro atoms. The highest BCUT2D eigenvalue weighted by Gasteiger charge is 2.39. The van der Waals surface area contributed by atoms with Crippen molar-refractivity contribution in [1.82, 2.24) is 20.9 Å². The number of amides is 3. The molecule has 0 fully saturated rings. The van der Waals surface area contributed by atoms with Gasteiger partial charge in [0, 0.05) is 37.7 Å². The second-order valence-electron chi connectivity index (χ2n) is 12.5. The lowest BCUT2D eigenvalue weighted by molar-refractivity contribution is -0.138. The van der Waals surface area contributed by atoms with E-state index in [0.717, 1.165) is 37.7 Å². The third-order valence-corrected chi connectivity index (χ3v) is 7.34. The molecule has 0 heterocycles.